The van der Waals surface area contributed by atoms with Crippen molar-refractivity contribution in [3.8, 4) is 0 Å². The Hall–Kier alpha value is -3.90. The van der Waals surface area contributed by atoms with E-state index in [1.807, 2.05) is 54.6 Å². The first-order valence-electron chi connectivity index (χ1n) is 10.9. The highest BCUT2D eigenvalue weighted by molar-refractivity contribution is 7.99. The van der Waals surface area contributed by atoms with Crippen LogP contribution in [0.15, 0.2) is 107 Å². The molecule has 1 aliphatic heterocycles. The molecule has 5 rings (SSSR count). The number of hydrogen-bond acceptors (Lipinski definition) is 3. The topological polar surface area (TPSA) is 49.4 Å². The summed E-state index contributed by atoms with van der Waals surface area (Å²) in [4.78, 5) is 29.7. The van der Waals surface area contributed by atoms with Crippen molar-refractivity contribution in [3.63, 3.8) is 0 Å². The number of rotatable bonds is 5. The molecule has 168 valence electrons. The maximum absolute atomic E-state index is 14.5. The number of amides is 2. The molecule has 0 spiro atoms. The molecule has 0 aromatic heterocycles. The predicted molar refractivity (Wildman–Crippen MR) is 132 cm³/mol. The average Bonchev–Trinajstić information content (AvgIpc) is 2.98. The van der Waals surface area contributed by atoms with E-state index in [4.69, 9.17) is 0 Å². The molecule has 2 amide bonds. The number of carbonyl (C=O) groups is 2. The smallest absolute Gasteiger partial charge is 0.259 e. The lowest BCUT2D eigenvalue weighted by Gasteiger charge is -2.24. The largest absolute Gasteiger partial charge is 0.348 e. The molecule has 0 atom stereocenters. The molecule has 34 heavy (non-hydrogen) atoms. The Morgan fingerprint density at radius 3 is 2.41 bits per heavy atom. The van der Waals surface area contributed by atoms with Crippen molar-refractivity contribution in [2.24, 2.45) is 0 Å². The van der Waals surface area contributed by atoms with Crippen LogP contribution in [-0.4, -0.2) is 11.8 Å². The lowest BCUT2D eigenvalue weighted by Crippen LogP contribution is -2.31. The van der Waals surface area contributed by atoms with Gasteiger partial charge in [0.05, 0.1) is 17.8 Å². The summed E-state index contributed by atoms with van der Waals surface area (Å²) in [6, 6.07) is 28.8. The molecule has 4 aromatic carbocycles. The number of hydrogen-bond donors (Lipinski definition) is 1. The molecule has 6 heteroatoms. The lowest BCUT2D eigenvalue weighted by atomic mass is 10.1. The van der Waals surface area contributed by atoms with Gasteiger partial charge in [0.1, 0.15) is 5.82 Å². The zero-order valence-corrected chi connectivity index (χ0v) is 19.0. The third-order valence-corrected chi connectivity index (χ3v) is 6.82. The van der Waals surface area contributed by atoms with E-state index in [0.717, 1.165) is 15.4 Å². The first kappa shape index (κ1) is 21.9. The van der Waals surface area contributed by atoms with Crippen molar-refractivity contribution in [3.05, 3.63) is 125 Å². The van der Waals surface area contributed by atoms with E-state index in [-0.39, 0.29) is 24.2 Å². The lowest BCUT2D eigenvalue weighted by molar-refractivity contribution is 0.0947. The van der Waals surface area contributed by atoms with Crippen molar-refractivity contribution in [1.82, 2.24) is 5.32 Å². The van der Waals surface area contributed by atoms with E-state index >= 15 is 0 Å². The van der Waals surface area contributed by atoms with Crippen molar-refractivity contribution >= 4 is 29.3 Å². The molecule has 4 nitrogen and oxygen atoms in total. The molecular formula is C28H21FN2O2S. The van der Waals surface area contributed by atoms with Gasteiger partial charge in [-0.1, -0.05) is 72.4 Å². The molecular weight excluding hydrogens is 447 g/mol. The van der Waals surface area contributed by atoms with Gasteiger partial charge in [0.25, 0.3) is 11.8 Å². The fraction of sp³-hybridized carbons (Fsp3) is 0.0714. The maximum Gasteiger partial charge on any atom is 0.259 e. The molecule has 0 saturated carbocycles. The molecule has 0 aliphatic carbocycles. The second-order valence-corrected chi connectivity index (χ2v) is 9.02. The molecule has 4 aromatic rings. The molecule has 1 aliphatic rings. The highest BCUT2D eigenvalue weighted by Crippen LogP contribution is 2.42. The van der Waals surface area contributed by atoms with Gasteiger partial charge in [-0.05, 0) is 42.0 Å². The quantitative estimate of drug-likeness (QED) is 0.387. The Bertz CT molecular complexity index is 1370. The van der Waals surface area contributed by atoms with Crippen molar-refractivity contribution in [2.45, 2.75) is 22.9 Å². The second-order valence-electron chi connectivity index (χ2n) is 7.93. The van der Waals surface area contributed by atoms with Crippen LogP contribution in [0.5, 0.6) is 0 Å². The second kappa shape index (κ2) is 9.53. The van der Waals surface area contributed by atoms with Crippen molar-refractivity contribution in [2.75, 3.05) is 4.90 Å². The van der Waals surface area contributed by atoms with E-state index < -0.39 is 0 Å². The van der Waals surface area contributed by atoms with Crippen LogP contribution in [0.1, 0.15) is 31.8 Å². The number of nitrogens with zero attached hydrogens (tertiary/aromatic N) is 1. The first-order chi connectivity index (χ1) is 16.6. The maximum atomic E-state index is 14.5. The molecule has 1 N–H and O–H groups in total. The highest BCUT2D eigenvalue weighted by Gasteiger charge is 2.28. The van der Waals surface area contributed by atoms with E-state index in [0.29, 0.717) is 28.9 Å². The predicted octanol–water partition coefficient (Wildman–Crippen LogP) is 6.07. The third kappa shape index (κ3) is 4.45. The summed E-state index contributed by atoms with van der Waals surface area (Å²) in [7, 11) is 0. The van der Waals surface area contributed by atoms with Gasteiger partial charge in [0, 0.05) is 27.5 Å². The van der Waals surface area contributed by atoms with Crippen LogP contribution in [0.2, 0.25) is 0 Å². The van der Waals surface area contributed by atoms with Gasteiger partial charge in [0.15, 0.2) is 0 Å². The first-order valence-corrected chi connectivity index (χ1v) is 11.7. The summed E-state index contributed by atoms with van der Waals surface area (Å²) >= 11 is 1.47. The van der Waals surface area contributed by atoms with E-state index in [1.165, 1.54) is 17.8 Å². The summed E-state index contributed by atoms with van der Waals surface area (Å²) in [6.07, 6.45) is 0. The van der Waals surface area contributed by atoms with Crippen LogP contribution in [0, 0.1) is 5.82 Å². The van der Waals surface area contributed by atoms with Crippen LogP contribution in [0.25, 0.3) is 0 Å². The Morgan fingerprint density at radius 1 is 0.853 bits per heavy atom. The monoisotopic (exact) mass is 468 g/mol. The number of carbonyl (C=O) groups excluding carboxylic acids is 2. The summed E-state index contributed by atoms with van der Waals surface area (Å²) < 4.78 is 14.5. The highest BCUT2D eigenvalue weighted by atomic mass is 32.2. The van der Waals surface area contributed by atoms with Crippen LogP contribution in [-0.2, 0) is 13.1 Å². The van der Waals surface area contributed by atoms with E-state index in [1.54, 1.807) is 41.3 Å². The summed E-state index contributed by atoms with van der Waals surface area (Å²) in [6.45, 7) is 0.456. The van der Waals surface area contributed by atoms with Crippen molar-refractivity contribution < 1.29 is 14.0 Å². The Balaban J connectivity index is 1.51. The number of halogens is 1. The summed E-state index contributed by atoms with van der Waals surface area (Å²) in [5.74, 6) is -0.845. The molecule has 0 fully saturated rings. The van der Waals surface area contributed by atoms with Gasteiger partial charge in [-0.25, -0.2) is 4.39 Å². The molecule has 0 bridgehead atoms. The van der Waals surface area contributed by atoms with Gasteiger partial charge in [-0.3, -0.25) is 9.59 Å². The van der Waals surface area contributed by atoms with Gasteiger partial charge in [-0.2, -0.15) is 0 Å². The van der Waals surface area contributed by atoms with Crippen LogP contribution < -0.4 is 10.2 Å². The zero-order valence-electron chi connectivity index (χ0n) is 18.2. The van der Waals surface area contributed by atoms with E-state index in [2.05, 4.69) is 5.32 Å². The standard InChI is InChI=1S/C28H21FN2O2S/c29-23-12-6-4-10-21(23)18-31-24-16-20(27(32)30-17-19-8-2-1-3-9-19)14-15-26(24)34-25-13-7-5-11-22(25)28(31)33/h1-16H,17-18H2,(H,30,32). The summed E-state index contributed by atoms with van der Waals surface area (Å²) in [5, 5.41) is 2.93. The van der Waals surface area contributed by atoms with Crippen LogP contribution >= 0.6 is 11.8 Å². The van der Waals surface area contributed by atoms with Gasteiger partial charge in [-0.15, -0.1) is 0 Å². The van der Waals surface area contributed by atoms with E-state index in [9.17, 15) is 14.0 Å². The fourth-order valence-corrected chi connectivity index (χ4v) is 4.95. The Morgan fingerprint density at radius 2 is 1.59 bits per heavy atom. The average molecular weight is 469 g/mol. The van der Waals surface area contributed by atoms with Gasteiger partial charge in [0.2, 0.25) is 0 Å². The number of nitrogens with one attached hydrogen (secondary N) is 1. The minimum Gasteiger partial charge on any atom is -0.348 e. The van der Waals surface area contributed by atoms with Crippen LogP contribution in [0.4, 0.5) is 10.1 Å². The number of benzene rings is 4. The third-order valence-electron chi connectivity index (χ3n) is 5.68. The molecule has 1 heterocycles. The van der Waals surface area contributed by atoms with Crippen LogP contribution in [0.3, 0.4) is 0 Å². The minimum absolute atomic E-state index is 0.0580. The Labute approximate surface area is 201 Å². The molecule has 0 saturated heterocycles. The number of fused-ring (bicyclic) bond motifs is 2. The number of anilines is 1. The van der Waals surface area contributed by atoms with Gasteiger partial charge < -0.3 is 10.2 Å². The molecule has 0 unspecified atom stereocenters. The molecule has 0 radical (unpaired) electrons. The van der Waals surface area contributed by atoms with Gasteiger partial charge >= 0.3 is 0 Å². The minimum atomic E-state index is -0.376. The zero-order chi connectivity index (χ0) is 23.5. The SMILES string of the molecule is O=C(NCc1ccccc1)c1ccc2c(c1)N(Cc1ccccc1F)C(=O)c1ccccc1S2. The van der Waals surface area contributed by atoms with Crippen molar-refractivity contribution in [1.29, 1.82) is 0 Å². The normalized spacial score (nSPS) is 12.5. The fourth-order valence-electron chi connectivity index (χ4n) is 3.90. The summed E-state index contributed by atoms with van der Waals surface area (Å²) in [5.41, 5.74) is 2.97. The Kier molecular flexibility index (Phi) is 6.14.